The quantitative estimate of drug-likeness (QED) is 0.327. The smallest absolute Gasteiger partial charge is 0.244 e. The van der Waals surface area contributed by atoms with Gasteiger partial charge in [0.1, 0.15) is 0 Å². The summed E-state index contributed by atoms with van der Waals surface area (Å²) in [4.78, 5) is 22.7. The molecule has 1 aliphatic heterocycles. The van der Waals surface area contributed by atoms with Crippen LogP contribution in [0.1, 0.15) is 52.4 Å². The Morgan fingerprint density at radius 2 is 1.97 bits per heavy atom. The van der Waals surface area contributed by atoms with E-state index in [1.54, 1.807) is 13.8 Å². The van der Waals surface area contributed by atoms with E-state index in [-0.39, 0.29) is 28.9 Å². The van der Waals surface area contributed by atoms with Crippen molar-refractivity contribution in [3.8, 4) is 5.75 Å². The summed E-state index contributed by atoms with van der Waals surface area (Å²) < 4.78 is 47.7. The number of nitrogens with one attached hydrogen (secondary N) is 3. The van der Waals surface area contributed by atoms with Gasteiger partial charge in [-0.3, -0.25) is 14.9 Å². The number of hydrogen-bond acceptors (Lipinski definition) is 6. The summed E-state index contributed by atoms with van der Waals surface area (Å²) in [7, 11) is -3.85. The van der Waals surface area contributed by atoms with Crippen LogP contribution in [0.25, 0.3) is 0 Å². The minimum Gasteiger partial charge on any atom is -0.490 e. The molecule has 2 aliphatic rings. The maximum Gasteiger partial charge on any atom is 0.244 e. The number of imide groups is 1. The third-order valence-electron chi connectivity index (χ3n) is 5.38. The van der Waals surface area contributed by atoms with Crippen molar-refractivity contribution in [1.29, 1.82) is 0 Å². The summed E-state index contributed by atoms with van der Waals surface area (Å²) in [5, 5.41) is 5.28. The lowest BCUT2D eigenvalue weighted by Gasteiger charge is -2.26. The third-order valence-corrected chi connectivity index (χ3v) is 7.08. The first-order chi connectivity index (χ1) is 14.6. The lowest BCUT2D eigenvalue weighted by atomic mass is 9.99. The number of sulfonamides is 1. The fourth-order valence-electron chi connectivity index (χ4n) is 3.41. The minimum atomic E-state index is -3.85. The molecule has 0 spiro atoms. The van der Waals surface area contributed by atoms with Crippen molar-refractivity contribution in [3.63, 3.8) is 0 Å². The van der Waals surface area contributed by atoms with Gasteiger partial charge in [0.25, 0.3) is 0 Å². The summed E-state index contributed by atoms with van der Waals surface area (Å²) in [5.41, 5.74) is -0.719. The van der Waals surface area contributed by atoms with Gasteiger partial charge in [-0.2, -0.15) is 0 Å². The standard InChI is InChI=1S/C21H30FN3O5S/c1-21(2,9-3-4-10-23-17-12-19(26)24-20(17)27)25-31(28,29)15-7-8-16(22)18(11-15)30-13-14-5-6-14/h7-8,11,14,17,23,25H,3-6,9-10,12-13H2,1-2H3,(H,24,26,27). The van der Waals surface area contributed by atoms with Crippen molar-refractivity contribution >= 4 is 21.8 Å². The normalized spacial score (nSPS) is 19.5. The van der Waals surface area contributed by atoms with Crippen molar-refractivity contribution in [3.05, 3.63) is 24.0 Å². The number of halogens is 1. The van der Waals surface area contributed by atoms with Crippen molar-refractivity contribution in [2.75, 3.05) is 13.2 Å². The fourth-order valence-corrected chi connectivity index (χ4v) is 4.87. The first kappa shape index (κ1) is 23.6. The van der Waals surface area contributed by atoms with Crippen molar-refractivity contribution in [1.82, 2.24) is 15.4 Å². The van der Waals surface area contributed by atoms with Crippen LogP contribution < -0.4 is 20.1 Å². The molecule has 2 fully saturated rings. The maximum atomic E-state index is 14.0. The molecule has 1 aromatic carbocycles. The predicted molar refractivity (Wildman–Crippen MR) is 112 cm³/mol. The number of hydrogen-bond donors (Lipinski definition) is 3. The van der Waals surface area contributed by atoms with Crippen LogP contribution in [0.15, 0.2) is 23.1 Å². The van der Waals surface area contributed by atoms with Crippen molar-refractivity contribution < 1.29 is 27.1 Å². The lowest BCUT2D eigenvalue weighted by Crippen LogP contribution is -2.43. The Bertz CT molecular complexity index is 931. The van der Waals surface area contributed by atoms with Crippen LogP contribution in [-0.2, 0) is 19.6 Å². The first-order valence-corrected chi connectivity index (χ1v) is 12.1. The summed E-state index contributed by atoms with van der Waals surface area (Å²) in [5.74, 6) is -0.787. The van der Waals surface area contributed by atoms with Gasteiger partial charge in [0.2, 0.25) is 21.8 Å². The number of unbranched alkanes of at least 4 members (excludes halogenated alkanes) is 1. The molecule has 1 atom stereocenters. The number of ether oxygens (including phenoxy) is 1. The van der Waals surface area contributed by atoms with E-state index in [4.69, 9.17) is 4.74 Å². The average molecular weight is 456 g/mol. The molecule has 31 heavy (non-hydrogen) atoms. The van der Waals surface area contributed by atoms with E-state index >= 15 is 0 Å². The molecule has 1 heterocycles. The average Bonchev–Trinajstić information content (AvgIpc) is 3.43. The van der Waals surface area contributed by atoms with Crippen LogP contribution in [0.2, 0.25) is 0 Å². The summed E-state index contributed by atoms with van der Waals surface area (Å²) in [6.07, 6.45) is 4.25. The molecule has 172 valence electrons. The van der Waals surface area contributed by atoms with Crippen molar-refractivity contribution in [2.24, 2.45) is 5.92 Å². The maximum absolute atomic E-state index is 14.0. The zero-order valence-electron chi connectivity index (χ0n) is 17.9. The molecule has 0 radical (unpaired) electrons. The molecular weight excluding hydrogens is 425 g/mol. The zero-order valence-corrected chi connectivity index (χ0v) is 18.7. The van der Waals surface area contributed by atoms with Crippen LogP contribution in [-0.4, -0.2) is 45.0 Å². The molecule has 1 saturated heterocycles. The first-order valence-electron chi connectivity index (χ1n) is 10.6. The van der Waals surface area contributed by atoms with Gasteiger partial charge in [0, 0.05) is 11.6 Å². The molecule has 3 N–H and O–H groups in total. The molecule has 1 aromatic rings. The summed E-state index contributed by atoms with van der Waals surface area (Å²) in [6.45, 7) is 4.52. The van der Waals surface area contributed by atoms with E-state index in [0.717, 1.165) is 25.3 Å². The van der Waals surface area contributed by atoms with Crippen LogP contribution in [0.4, 0.5) is 4.39 Å². The van der Waals surface area contributed by atoms with Gasteiger partial charge in [-0.25, -0.2) is 17.5 Å². The van der Waals surface area contributed by atoms with E-state index in [2.05, 4.69) is 15.4 Å². The second kappa shape index (κ2) is 9.62. The highest BCUT2D eigenvalue weighted by Gasteiger charge is 2.30. The molecule has 3 rings (SSSR count). The van der Waals surface area contributed by atoms with Crippen LogP contribution in [0, 0.1) is 11.7 Å². The highest BCUT2D eigenvalue weighted by Crippen LogP contribution is 2.31. The van der Waals surface area contributed by atoms with E-state index < -0.39 is 27.4 Å². The van der Waals surface area contributed by atoms with E-state index in [1.165, 1.54) is 12.1 Å². The Labute approximate surface area is 182 Å². The third kappa shape index (κ3) is 6.98. The Morgan fingerprint density at radius 3 is 2.61 bits per heavy atom. The second-order valence-electron chi connectivity index (χ2n) is 8.92. The Morgan fingerprint density at radius 1 is 1.23 bits per heavy atom. The molecule has 2 amide bonds. The minimum absolute atomic E-state index is 0.0358. The topological polar surface area (TPSA) is 114 Å². The molecule has 10 heteroatoms. The Kier molecular flexibility index (Phi) is 7.33. The molecule has 0 aromatic heterocycles. The number of carbonyl (C=O) groups excluding carboxylic acids is 2. The van der Waals surface area contributed by atoms with E-state index in [9.17, 15) is 22.4 Å². The van der Waals surface area contributed by atoms with Gasteiger partial charge in [-0.1, -0.05) is 6.42 Å². The van der Waals surface area contributed by atoms with Crippen LogP contribution >= 0.6 is 0 Å². The van der Waals surface area contributed by atoms with E-state index in [1.807, 2.05) is 0 Å². The highest BCUT2D eigenvalue weighted by molar-refractivity contribution is 7.89. The largest absolute Gasteiger partial charge is 0.490 e. The predicted octanol–water partition coefficient (Wildman–Crippen LogP) is 1.85. The lowest BCUT2D eigenvalue weighted by molar-refractivity contribution is -0.125. The number of benzene rings is 1. The van der Waals surface area contributed by atoms with Gasteiger partial charge in [0.05, 0.1) is 24.0 Å². The SMILES string of the molecule is CC(C)(CCCCNC1CC(=O)NC1=O)NS(=O)(=O)c1ccc(F)c(OCC2CC2)c1. The van der Waals surface area contributed by atoms with E-state index in [0.29, 0.717) is 31.9 Å². The number of carbonyl (C=O) groups is 2. The molecule has 0 bridgehead atoms. The monoisotopic (exact) mass is 455 g/mol. The molecule has 1 unspecified atom stereocenters. The molecule has 1 saturated carbocycles. The number of rotatable bonds is 12. The summed E-state index contributed by atoms with van der Waals surface area (Å²) in [6, 6.07) is 3.08. The fraction of sp³-hybridized carbons (Fsp3) is 0.619. The highest BCUT2D eigenvalue weighted by atomic mass is 32.2. The second-order valence-corrected chi connectivity index (χ2v) is 10.6. The summed E-state index contributed by atoms with van der Waals surface area (Å²) >= 11 is 0. The van der Waals surface area contributed by atoms with Crippen molar-refractivity contribution in [2.45, 2.75) is 68.8 Å². The van der Waals surface area contributed by atoms with Gasteiger partial charge in [-0.15, -0.1) is 0 Å². The van der Waals surface area contributed by atoms with Gasteiger partial charge in [-0.05, 0) is 64.1 Å². The van der Waals surface area contributed by atoms with Gasteiger partial charge < -0.3 is 10.1 Å². The Balaban J connectivity index is 1.48. The molecule has 8 nitrogen and oxygen atoms in total. The van der Waals surface area contributed by atoms with Gasteiger partial charge in [0.15, 0.2) is 11.6 Å². The Hall–Kier alpha value is -2.04. The number of amides is 2. The zero-order chi connectivity index (χ0) is 22.6. The van der Waals surface area contributed by atoms with Crippen LogP contribution in [0.3, 0.4) is 0 Å². The molecule has 1 aliphatic carbocycles. The molecular formula is C21H30FN3O5S. The van der Waals surface area contributed by atoms with Crippen LogP contribution in [0.5, 0.6) is 5.75 Å². The van der Waals surface area contributed by atoms with Gasteiger partial charge >= 0.3 is 0 Å².